The van der Waals surface area contributed by atoms with E-state index in [1.54, 1.807) is 12.1 Å². The van der Waals surface area contributed by atoms with Gasteiger partial charge in [0.15, 0.2) is 0 Å². The number of furan rings is 1. The van der Waals surface area contributed by atoms with Crippen molar-refractivity contribution in [3.05, 3.63) is 59.5 Å². The number of hydrogen-bond acceptors (Lipinski definition) is 3. The molecule has 0 aliphatic carbocycles. The summed E-state index contributed by atoms with van der Waals surface area (Å²) in [5.41, 5.74) is 2.65. The quantitative estimate of drug-likeness (QED) is 0.663. The van der Waals surface area contributed by atoms with Crippen molar-refractivity contribution in [1.82, 2.24) is 5.43 Å². The number of hydrogen-bond donors (Lipinski definition) is 2. The Labute approximate surface area is 108 Å². The third kappa shape index (κ3) is 3.15. The summed E-state index contributed by atoms with van der Waals surface area (Å²) < 4.78 is 43.7. The van der Waals surface area contributed by atoms with Gasteiger partial charge in [0, 0.05) is 0 Å². The fourth-order valence-corrected chi connectivity index (χ4v) is 1.96. The first kappa shape index (κ1) is 13.6. The molecule has 1 heterocycles. The van der Waals surface area contributed by atoms with Crippen LogP contribution in [0, 0.1) is 0 Å². The molecule has 1 aromatic carbocycles. The molecule has 3 N–H and O–H groups in total. The molecular formula is C13H13F3N2O. The number of nitrogens with two attached hydrogens (primary N) is 1. The van der Waals surface area contributed by atoms with Gasteiger partial charge in [-0.1, -0.05) is 18.2 Å². The van der Waals surface area contributed by atoms with Crippen LogP contribution in [-0.2, 0) is 12.6 Å². The normalized spacial score (nSPS) is 13.5. The average molecular weight is 270 g/mol. The predicted octanol–water partition coefficient (Wildman–Crippen LogP) is 3.05. The summed E-state index contributed by atoms with van der Waals surface area (Å²) >= 11 is 0. The minimum atomic E-state index is -4.40. The van der Waals surface area contributed by atoms with Crippen LogP contribution in [0.2, 0.25) is 0 Å². The zero-order chi connectivity index (χ0) is 13.9. The molecule has 1 atom stereocenters. The average Bonchev–Trinajstić information content (AvgIpc) is 2.88. The summed E-state index contributed by atoms with van der Waals surface area (Å²) in [6.45, 7) is 0. The van der Waals surface area contributed by atoms with Gasteiger partial charge in [0.2, 0.25) is 0 Å². The molecular weight excluding hydrogens is 257 g/mol. The highest BCUT2D eigenvalue weighted by Gasteiger charge is 2.34. The largest absolute Gasteiger partial charge is 0.472 e. The van der Waals surface area contributed by atoms with Crippen LogP contribution in [0.1, 0.15) is 22.7 Å². The van der Waals surface area contributed by atoms with Crippen molar-refractivity contribution in [1.29, 1.82) is 0 Å². The first-order valence-corrected chi connectivity index (χ1v) is 5.65. The topological polar surface area (TPSA) is 51.2 Å². The van der Waals surface area contributed by atoms with Crippen molar-refractivity contribution in [3.63, 3.8) is 0 Å². The fraction of sp³-hybridized carbons (Fsp3) is 0.231. The molecule has 0 amide bonds. The van der Waals surface area contributed by atoms with Crippen LogP contribution in [0.25, 0.3) is 0 Å². The van der Waals surface area contributed by atoms with Gasteiger partial charge in [0.25, 0.3) is 0 Å². The smallest absolute Gasteiger partial charge is 0.416 e. The summed E-state index contributed by atoms with van der Waals surface area (Å²) in [5.74, 6) is 5.39. The molecule has 2 aromatic rings. The number of rotatable bonds is 4. The van der Waals surface area contributed by atoms with Gasteiger partial charge >= 0.3 is 6.18 Å². The molecule has 0 saturated carbocycles. The Hall–Kier alpha value is -1.79. The molecule has 102 valence electrons. The van der Waals surface area contributed by atoms with Gasteiger partial charge < -0.3 is 4.42 Å². The second-order valence-corrected chi connectivity index (χ2v) is 4.14. The van der Waals surface area contributed by atoms with Gasteiger partial charge in [-0.15, -0.1) is 0 Å². The molecule has 19 heavy (non-hydrogen) atoms. The highest BCUT2D eigenvalue weighted by molar-refractivity contribution is 5.33. The van der Waals surface area contributed by atoms with E-state index >= 15 is 0 Å². The molecule has 2 rings (SSSR count). The van der Waals surface area contributed by atoms with E-state index in [0.717, 1.165) is 11.6 Å². The van der Waals surface area contributed by atoms with Crippen molar-refractivity contribution in [2.45, 2.75) is 18.6 Å². The van der Waals surface area contributed by atoms with E-state index in [4.69, 9.17) is 10.3 Å². The molecule has 6 heteroatoms. The maximum Gasteiger partial charge on any atom is 0.416 e. The second kappa shape index (κ2) is 5.46. The van der Waals surface area contributed by atoms with Gasteiger partial charge in [-0.2, -0.15) is 13.2 Å². The van der Waals surface area contributed by atoms with Crippen LogP contribution in [0.5, 0.6) is 0 Å². The fourth-order valence-electron chi connectivity index (χ4n) is 1.96. The van der Waals surface area contributed by atoms with Crippen LogP contribution in [0.15, 0.2) is 47.3 Å². The standard InChI is InChI=1S/C13H13F3N2O/c14-13(15,16)11-4-2-1-3-10(11)12(18-17)7-9-5-6-19-8-9/h1-6,8,12,18H,7,17H2. The highest BCUT2D eigenvalue weighted by atomic mass is 19.4. The third-order valence-electron chi connectivity index (χ3n) is 2.86. The van der Waals surface area contributed by atoms with Gasteiger partial charge in [0.1, 0.15) is 0 Å². The maximum atomic E-state index is 12.9. The Morgan fingerprint density at radius 3 is 2.53 bits per heavy atom. The van der Waals surface area contributed by atoms with Gasteiger partial charge in [-0.05, 0) is 29.7 Å². The lowest BCUT2D eigenvalue weighted by molar-refractivity contribution is -0.138. The van der Waals surface area contributed by atoms with Crippen LogP contribution < -0.4 is 11.3 Å². The Morgan fingerprint density at radius 2 is 1.95 bits per heavy atom. The molecule has 0 aliphatic rings. The summed E-state index contributed by atoms with van der Waals surface area (Å²) in [5, 5.41) is 0. The molecule has 1 unspecified atom stereocenters. The second-order valence-electron chi connectivity index (χ2n) is 4.14. The molecule has 0 bridgehead atoms. The van der Waals surface area contributed by atoms with Crippen molar-refractivity contribution < 1.29 is 17.6 Å². The lowest BCUT2D eigenvalue weighted by Crippen LogP contribution is -2.31. The van der Waals surface area contributed by atoms with Gasteiger partial charge in [0.05, 0.1) is 24.1 Å². The number of alkyl halides is 3. The minimum Gasteiger partial charge on any atom is -0.472 e. The van der Waals surface area contributed by atoms with Crippen molar-refractivity contribution in [3.8, 4) is 0 Å². The van der Waals surface area contributed by atoms with Crippen LogP contribution in [0.4, 0.5) is 13.2 Å². The zero-order valence-electron chi connectivity index (χ0n) is 9.95. The van der Waals surface area contributed by atoms with E-state index in [9.17, 15) is 13.2 Å². The Morgan fingerprint density at radius 1 is 1.21 bits per heavy atom. The summed E-state index contributed by atoms with van der Waals surface area (Å²) in [4.78, 5) is 0. The number of halogens is 3. The predicted molar refractivity (Wildman–Crippen MR) is 63.9 cm³/mol. The summed E-state index contributed by atoms with van der Waals surface area (Å²) in [6, 6.07) is 6.46. The van der Waals surface area contributed by atoms with E-state index in [1.807, 2.05) is 0 Å². The maximum absolute atomic E-state index is 12.9. The van der Waals surface area contributed by atoms with E-state index in [0.29, 0.717) is 6.42 Å². The Balaban J connectivity index is 2.33. The third-order valence-corrected chi connectivity index (χ3v) is 2.86. The van der Waals surface area contributed by atoms with Crippen molar-refractivity contribution in [2.24, 2.45) is 5.84 Å². The van der Waals surface area contributed by atoms with Gasteiger partial charge in [-0.25, -0.2) is 0 Å². The SMILES string of the molecule is NNC(Cc1ccoc1)c1ccccc1C(F)(F)F. The minimum absolute atomic E-state index is 0.124. The lowest BCUT2D eigenvalue weighted by Gasteiger charge is -2.20. The monoisotopic (exact) mass is 270 g/mol. The molecule has 0 spiro atoms. The van der Waals surface area contributed by atoms with E-state index in [1.165, 1.54) is 24.7 Å². The lowest BCUT2D eigenvalue weighted by atomic mass is 9.96. The summed E-state index contributed by atoms with van der Waals surface area (Å²) in [7, 11) is 0. The van der Waals surface area contributed by atoms with Crippen LogP contribution >= 0.6 is 0 Å². The first-order valence-electron chi connectivity index (χ1n) is 5.65. The molecule has 0 fully saturated rings. The Bertz CT molecular complexity index is 523. The van der Waals surface area contributed by atoms with Crippen LogP contribution in [0.3, 0.4) is 0 Å². The first-order chi connectivity index (χ1) is 9.02. The molecule has 1 aromatic heterocycles. The molecule has 0 aliphatic heterocycles. The number of nitrogens with one attached hydrogen (secondary N) is 1. The van der Waals surface area contributed by atoms with E-state index < -0.39 is 17.8 Å². The molecule has 0 radical (unpaired) electrons. The zero-order valence-corrected chi connectivity index (χ0v) is 9.95. The highest BCUT2D eigenvalue weighted by Crippen LogP contribution is 2.35. The molecule has 3 nitrogen and oxygen atoms in total. The molecule has 0 saturated heterocycles. The van der Waals surface area contributed by atoms with Crippen molar-refractivity contribution in [2.75, 3.05) is 0 Å². The van der Waals surface area contributed by atoms with E-state index in [-0.39, 0.29) is 5.56 Å². The number of benzene rings is 1. The van der Waals surface area contributed by atoms with E-state index in [2.05, 4.69) is 5.43 Å². The van der Waals surface area contributed by atoms with Crippen molar-refractivity contribution >= 4 is 0 Å². The summed E-state index contributed by atoms with van der Waals surface area (Å²) in [6.07, 6.45) is -1.12. The van der Waals surface area contributed by atoms with Gasteiger partial charge in [-0.3, -0.25) is 11.3 Å². The van der Waals surface area contributed by atoms with Crippen LogP contribution in [-0.4, -0.2) is 0 Å². The Kier molecular flexibility index (Phi) is 3.92. The number of hydrazine groups is 1.